The zero-order valence-corrected chi connectivity index (χ0v) is 9.95. The van der Waals surface area contributed by atoms with E-state index in [4.69, 9.17) is 10.5 Å². The number of morpholine rings is 1. The van der Waals surface area contributed by atoms with E-state index in [0.29, 0.717) is 26.3 Å². The first-order chi connectivity index (χ1) is 6.96. The molecule has 1 aliphatic rings. The van der Waals surface area contributed by atoms with Crippen molar-refractivity contribution in [3.63, 3.8) is 0 Å². The van der Waals surface area contributed by atoms with Crippen molar-refractivity contribution in [1.82, 2.24) is 4.90 Å². The Morgan fingerprint density at radius 1 is 1.53 bits per heavy atom. The molecule has 1 unspecified atom stereocenters. The van der Waals surface area contributed by atoms with Crippen LogP contribution in [-0.4, -0.2) is 43.2 Å². The van der Waals surface area contributed by atoms with Crippen LogP contribution in [0.3, 0.4) is 0 Å². The zero-order valence-electron chi connectivity index (χ0n) is 9.95. The van der Waals surface area contributed by atoms with Crippen molar-refractivity contribution in [2.75, 3.05) is 26.3 Å². The van der Waals surface area contributed by atoms with Gasteiger partial charge < -0.3 is 15.4 Å². The lowest BCUT2D eigenvalue weighted by atomic mass is 9.93. The van der Waals surface area contributed by atoms with Crippen LogP contribution in [0.15, 0.2) is 0 Å². The van der Waals surface area contributed by atoms with Crippen LogP contribution in [0.4, 0.5) is 0 Å². The zero-order chi connectivity index (χ0) is 11.5. The van der Waals surface area contributed by atoms with Crippen LogP contribution in [0.1, 0.15) is 27.2 Å². The van der Waals surface area contributed by atoms with Crippen LogP contribution in [0.25, 0.3) is 0 Å². The van der Waals surface area contributed by atoms with Crippen molar-refractivity contribution in [3.8, 4) is 0 Å². The van der Waals surface area contributed by atoms with Gasteiger partial charge >= 0.3 is 0 Å². The molecular weight excluding hydrogens is 192 g/mol. The second kappa shape index (κ2) is 4.94. The van der Waals surface area contributed by atoms with Crippen molar-refractivity contribution in [3.05, 3.63) is 0 Å². The summed E-state index contributed by atoms with van der Waals surface area (Å²) >= 11 is 0. The number of amides is 1. The fraction of sp³-hybridized carbons (Fsp3) is 0.909. The maximum absolute atomic E-state index is 12.1. The molecule has 1 fully saturated rings. The van der Waals surface area contributed by atoms with Gasteiger partial charge in [0.25, 0.3) is 0 Å². The monoisotopic (exact) mass is 214 g/mol. The Morgan fingerprint density at radius 2 is 2.20 bits per heavy atom. The Bertz CT molecular complexity index is 221. The summed E-state index contributed by atoms with van der Waals surface area (Å²) in [5.74, 6) is 0.198. The summed E-state index contributed by atoms with van der Waals surface area (Å²) in [6.45, 7) is 8.41. The maximum Gasteiger partial charge on any atom is 0.228 e. The van der Waals surface area contributed by atoms with Crippen LogP contribution in [0.2, 0.25) is 0 Å². The summed E-state index contributed by atoms with van der Waals surface area (Å²) in [7, 11) is 0. The average molecular weight is 214 g/mol. The number of nitrogens with two attached hydrogens (primary N) is 1. The van der Waals surface area contributed by atoms with E-state index in [2.05, 4.69) is 0 Å². The van der Waals surface area contributed by atoms with Crippen LogP contribution in [0, 0.1) is 5.41 Å². The largest absolute Gasteiger partial charge is 0.377 e. The van der Waals surface area contributed by atoms with Gasteiger partial charge in [-0.25, -0.2) is 0 Å². The molecule has 0 bridgehead atoms. The van der Waals surface area contributed by atoms with E-state index in [1.54, 1.807) is 0 Å². The van der Waals surface area contributed by atoms with Gasteiger partial charge in [0.15, 0.2) is 0 Å². The highest BCUT2D eigenvalue weighted by molar-refractivity contribution is 5.81. The fourth-order valence-corrected chi connectivity index (χ4v) is 1.78. The summed E-state index contributed by atoms with van der Waals surface area (Å²) in [6.07, 6.45) is 0.821. The van der Waals surface area contributed by atoms with Crippen molar-refractivity contribution < 1.29 is 9.53 Å². The molecule has 0 aromatic carbocycles. The molecule has 0 aliphatic carbocycles. The third-order valence-electron chi connectivity index (χ3n) is 2.63. The molecule has 4 nitrogen and oxygen atoms in total. The van der Waals surface area contributed by atoms with E-state index in [9.17, 15) is 4.79 Å². The molecule has 88 valence electrons. The number of carbonyl (C=O) groups is 1. The van der Waals surface area contributed by atoms with Crippen LogP contribution in [-0.2, 0) is 9.53 Å². The third kappa shape index (κ3) is 3.18. The number of rotatable bonds is 2. The highest BCUT2D eigenvalue weighted by atomic mass is 16.5. The van der Waals surface area contributed by atoms with Gasteiger partial charge in [0.1, 0.15) is 0 Å². The Kier molecular flexibility index (Phi) is 4.11. The van der Waals surface area contributed by atoms with Crippen molar-refractivity contribution in [2.45, 2.75) is 33.2 Å². The molecule has 0 aromatic rings. The first-order valence-corrected chi connectivity index (χ1v) is 5.55. The molecule has 0 saturated carbocycles. The lowest BCUT2D eigenvalue weighted by Gasteiger charge is -2.39. The second-order valence-electron chi connectivity index (χ2n) is 5.05. The van der Waals surface area contributed by atoms with Crippen LogP contribution >= 0.6 is 0 Å². The number of hydrogen-bond donors (Lipinski definition) is 1. The minimum absolute atomic E-state index is 0.162. The highest BCUT2D eigenvalue weighted by Crippen LogP contribution is 2.21. The standard InChI is InChI=1S/C11H22N2O2/c1-11(2,3)10(14)13-6-7-15-8-9(13)4-5-12/h9H,4-8,12H2,1-3H3. The molecule has 1 rings (SSSR count). The molecule has 0 spiro atoms. The lowest BCUT2D eigenvalue weighted by molar-refractivity contribution is -0.148. The van der Waals surface area contributed by atoms with Gasteiger partial charge in [0, 0.05) is 12.0 Å². The van der Waals surface area contributed by atoms with Crippen molar-refractivity contribution in [2.24, 2.45) is 11.1 Å². The van der Waals surface area contributed by atoms with Gasteiger partial charge in [-0.3, -0.25) is 4.79 Å². The first kappa shape index (κ1) is 12.5. The Balaban J connectivity index is 2.67. The average Bonchev–Trinajstić information content (AvgIpc) is 2.17. The molecule has 1 saturated heterocycles. The van der Waals surface area contributed by atoms with Gasteiger partial charge in [0.05, 0.1) is 19.3 Å². The van der Waals surface area contributed by atoms with E-state index in [0.717, 1.165) is 6.42 Å². The minimum atomic E-state index is -0.315. The summed E-state index contributed by atoms with van der Waals surface area (Å²) in [4.78, 5) is 14.1. The molecule has 2 N–H and O–H groups in total. The first-order valence-electron chi connectivity index (χ1n) is 5.55. The fourth-order valence-electron chi connectivity index (χ4n) is 1.78. The Labute approximate surface area is 91.8 Å². The quantitative estimate of drug-likeness (QED) is 0.732. The molecule has 1 heterocycles. The number of nitrogens with zero attached hydrogens (tertiary/aromatic N) is 1. The van der Waals surface area contributed by atoms with Crippen LogP contribution < -0.4 is 5.73 Å². The van der Waals surface area contributed by atoms with Gasteiger partial charge in [-0.2, -0.15) is 0 Å². The van der Waals surface area contributed by atoms with E-state index in [1.807, 2.05) is 25.7 Å². The molecule has 0 aromatic heterocycles. The maximum atomic E-state index is 12.1. The van der Waals surface area contributed by atoms with Gasteiger partial charge in [-0.15, -0.1) is 0 Å². The highest BCUT2D eigenvalue weighted by Gasteiger charge is 2.33. The molecule has 1 amide bonds. The molecule has 1 atom stereocenters. The topological polar surface area (TPSA) is 55.6 Å². The van der Waals surface area contributed by atoms with E-state index >= 15 is 0 Å². The SMILES string of the molecule is CC(C)(C)C(=O)N1CCOCC1CCN. The predicted octanol–water partition coefficient (Wildman–Crippen LogP) is 0.609. The Morgan fingerprint density at radius 3 is 2.73 bits per heavy atom. The van der Waals surface area contributed by atoms with Gasteiger partial charge in [0.2, 0.25) is 5.91 Å². The number of hydrogen-bond acceptors (Lipinski definition) is 3. The molecular formula is C11H22N2O2. The molecule has 1 aliphatic heterocycles. The number of carbonyl (C=O) groups excluding carboxylic acids is 1. The van der Waals surface area contributed by atoms with E-state index in [1.165, 1.54) is 0 Å². The normalized spacial score (nSPS) is 22.9. The second-order valence-corrected chi connectivity index (χ2v) is 5.05. The number of ether oxygens (including phenoxy) is 1. The van der Waals surface area contributed by atoms with E-state index in [-0.39, 0.29) is 17.4 Å². The van der Waals surface area contributed by atoms with Crippen molar-refractivity contribution >= 4 is 5.91 Å². The summed E-state index contributed by atoms with van der Waals surface area (Å²) < 4.78 is 5.38. The summed E-state index contributed by atoms with van der Waals surface area (Å²) in [6, 6.07) is 0.162. The Hall–Kier alpha value is -0.610. The predicted molar refractivity (Wildman–Crippen MR) is 59.4 cm³/mol. The van der Waals surface area contributed by atoms with Gasteiger partial charge in [-0.1, -0.05) is 20.8 Å². The lowest BCUT2D eigenvalue weighted by Crippen LogP contribution is -2.52. The third-order valence-corrected chi connectivity index (χ3v) is 2.63. The summed E-state index contributed by atoms with van der Waals surface area (Å²) in [5, 5.41) is 0. The van der Waals surface area contributed by atoms with E-state index < -0.39 is 0 Å². The molecule has 0 radical (unpaired) electrons. The molecule has 4 heteroatoms. The minimum Gasteiger partial charge on any atom is -0.377 e. The van der Waals surface area contributed by atoms with Gasteiger partial charge in [-0.05, 0) is 13.0 Å². The smallest absolute Gasteiger partial charge is 0.228 e. The van der Waals surface area contributed by atoms with Crippen LogP contribution in [0.5, 0.6) is 0 Å². The summed E-state index contributed by atoms with van der Waals surface area (Å²) in [5.41, 5.74) is 5.22. The molecule has 15 heavy (non-hydrogen) atoms. The van der Waals surface area contributed by atoms with Crippen molar-refractivity contribution in [1.29, 1.82) is 0 Å².